The summed E-state index contributed by atoms with van der Waals surface area (Å²) >= 11 is 0. The molecule has 0 N–H and O–H groups in total. The van der Waals surface area contributed by atoms with Crippen LogP contribution in [0.2, 0.25) is 0 Å². The lowest BCUT2D eigenvalue weighted by atomic mass is 10.3. The molecule has 0 spiro atoms. The Morgan fingerprint density at radius 2 is 2.00 bits per heavy atom. The number of fused-ring (bicyclic) bond motifs is 1. The maximum absolute atomic E-state index is 12.2. The van der Waals surface area contributed by atoms with Crippen LogP contribution in [0.15, 0.2) is 15.9 Å². The summed E-state index contributed by atoms with van der Waals surface area (Å²) in [4.78, 5) is 39.7. The molecule has 2 aromatic heterocycles. The van der Waals surface area contributed by atoms with E-state index in [0.29, 0.717) is 12.8 Å². The van der Waals surface area contributed by atoms with Crippen LogP contribution >= 0.6 is 0 Å². The fourth-order valence-corrected chi connectivity index (χ4v) is 2.15. The first-order valence-corrected chi connectivity index (χ1v) is 6.70. The van der Waals surface area contributed by atoms with Gasteiger partial charge in [0.2, 0.25) is 0 Å². The summed E-state index contributed by atoms with van der Waals surface area (Å²) in [5, 5.41) is 0. The number of imidazole rings is 1. The first-order chi connectivity index (χ1) is 9.88. The third-order valence-corrected chi connectivity index (χ3v) is 3.32. The van der Waals surface area contributed by atoms with Gasteiger partial charge in [-0.2, -0.15) is 0 Å². The molecule has 1 atom stereocenters. The van der Waals surface area contributed by atoms with Crippen LogP contribution in [0.1, 0.15) is 32.9 Å². The zero-order valence-corrected chi connectivity index (χ0v) is 12.5. The SMILES string of the molecule is CCCC(=O)OC(C)n1cnc2c1c(=O)n(C)c(=O)n2C. The predicted octanol–water partition coefficient (Wildman–Crippen LogP) is 0.295. The fraction of sp³-hybridized carbons (Fsp3) is 0.538. The van der Waals surface area contributed by atoms with Crippen LogP contribution in [0, 0.1) is 0 Å². The Morgan fingerprint density at radius 3 is 2.62 bits per heavy atom. The van der Waals surface area contributed by atoms with E-state index in [0.717, 1.165) is 4.57 Å². The van der Waals surface area contributed by atoms with Gasteiger partial charge in [-0.1, -0.05) is 6.92 Å². The first kappa shape index (κ1) is 15.0. The summed E-state index contributed by atoms with van der Waals surface area (Å²) in [7, 11) is 2.93. The van der Waals surface area contributed by atoms with E-state index >= 15 is 0 Å². The molecule has 0 aliphatic rings. The Balaban J connectivity index is 2.54. The number of hydrogen-bond donors (Lipinski definition) is 0. The van der Waals surface area contributed by atoms with Gasteiger partial charge >= 0.3 is 11.7 Å². The summed E-state index contributed by atoms with van der Waals surface area (Å²) in [6.07, 6.45) is 1.73. The van der Waals surface area contributed by atoms with Crippen molar-refractivity contribution in [2.45, 2.75) is 32.9 Å². The first-order valence-electron chi connectivity index (χ1n) is 6.70. The quantitative estimate of drug-likeness (QED) is 0.757. The van der Waals surface area contributed by atoms with Crippen molar-refractivity contribution < 1.29 is 9.53 Å². The van der Waals surface area contributed by atoms with E-state index in [1.165, 1.54) is 29.6 Å². The molecule has 0 aliphatic heterocycles. The van der Waals surface area contributed by atoms with Crippen molar-refractivity contribution >= 4 is 17.1 Å². The highest BCUT2D eigenvalue weighted by Gasteiger charge is 2.19. The number of ether oxygens (including phenoxy) is 1. The lowest BCUT2D eigenvalue weighted by Crippen LogP contribution is -2.37. The van der Waals surface area contributed by atoms with Gasteiger partial charge in [-0.25, -0.2) is 9.78 Å². The predicted molar refractivity (Wildman–Crippen MR) is 75.9 cm³/mol. The summed E-state index contributed by atoms with van der Waals surface area (Å²) < 4.78 is 9.01. The van der Waals surface area contributed by atoms with Crippen LogP contribution in [0.5, 0.6) is 0 Å². The number of esters is 1. The molecular weight excluding hydrogens is 276 g/mol. The largest absolute Gasteiger partial charge is 0.441 e. The second-order valence-corrected chi connectivity index (χ2v) is 4.87. The summed E-state index contributed by atoms with van der Waals surface area (Å²) in [6.45, 7) is 3.53. The highest BCUT2D eigenvalue weighted by atomic mass is 16.6. The van der Waals surface area contributed by atoms with E-state index in [-0.39, 0.29) is 17.1 Å². The van der Waals surface area contributed by atoms with E-state index in [9.17, 15) is 14.4 Å². The van der Waals surface area contributed by atoms with Crippen molar-refractivity contribution in [1.29, 1.82) is 0 Å². The van der Waals surface area contributed by atoms with E-state index in [4.69, 9.17) is 4.74 Å². The molecule has 1 unspecified atom stereocenters. The molecule has 8 nitrogen and oxygen atoms in total. The number of carbonyl (C=O) groups excluding carboxylic acids is 1. The number of hydrogen-bond acceptors (Lipinski definition) is 5. The second-order valence-electron chi connectivity index (χ2n) is 4.87. The van der Waals surface area contributed by atoms with Gasteiger partial charge in [-0.15, -0.1) is 0 Å². The summed E-state index contributed by atoms with van der Waals surface area (Å²) in [5.41, 5.74) is -0.421. The van der Waals surface area contributed by atoms with E-state index in [2.05, 4.69) is 4.98 Å². The molecule has 0 radical (unpaired) electrons. The maximum Gasteiger partial charge on any atom is 0.332 e. The highest BCUT2D eigenvalue weighted by molar-refractivity contribution is 5.71. The van der Waals surface area contributed by atoms with Gasteiger partial charge < -0.3 is 4.74 Å². The molecule has 0 fully saturated rings. The van der Waals surface area contributed by atoms with E-state index in [1.54, 1.807) is 6.92 Å². The molecule has 8 heteroatoms. The third kappa shape index (κ3) is 2.48. The van der Waals surface area contributed by atoms with Crippen LogP contribution < -0.4 is 11.2 Å². The number of carbonyl (C=O) groups is 1. The number of aryl methyl sites for hydroxylation is 1. The van der Waals surface area contributed by atoms with Gasteiger partial charge in [0, 0.05) is 20.5 Å². The molecule has 0 saturated carbocycles. The standard InChI is InChI=1S/C13H18N4O4/c1-5-6-9(18)21-8(2)17-7-14-11-10(17)12(19)16(4)13(20)15(11)3/h7-8H,5-6H2,1-4H3. The average Bonchev–Trinajstić information content (AvgIpc) is 2.88. The molecule has 0 saturated heterocycles. The molecular formula is C13H18N4O4. The molecule has 114 valence electrons. The monoisotopic (exact) mass is 294 g/mol. The van der Waals surface area contributed by atoms with Crippen LogP contribution in [-0.4, -0.2) is 24.7 Å². The van der Waals surface area contributed by atoms with Crippen LogP contribution in [0.4, 0.5) is 0 Å². The lowest BCUT2D eigenvalue weighted by Gasteiger charge is -2.15. The van der Waals surface area contributed by atoms with Gasteiger partial charge in [-0.05, 0) is 13.3 Å². The Morgan fingerprint density at radius 1 is 1.33 bits per heavy atom. The molecule has 0 amide bonds. The topological polar surface area (TPSA) is 88.1 Å². The van der Waals surface area contributed by atoms with Crippen LogP contribution in [0.25, 0.3) is 11.2 Å². The maximum atomic E-state index is 12.2. The zero-order valence-electron chi connectivity index (χ0n) is 12.5. The van der Waals surface area contributed by atoms with Crippen molar-refractivity contribution in [3.63, 3.8) is 0 Å². The van der Waals surface area contributed by atoms with Crippen molar-refractivity contribution in [2.75, 3.05) is 0 Å². The minimum absolute atomic E-state index is 0.233. The smallest absolute Gasteiger partial charge is 0.332 e. The molecule has 0 aliphatic carbocycles. The van der Waals surface area contributed by atoms with Crippen molar-refractivity contribution in [3.8, 4) is 0 Å². The Bertz CT molecular complexity index is 799. The Kier molecular flexibility index (Phi) is 3.97. The lowest BCUT2D eigenvalue weighted by molar-refractivity contribution is -0.152. The van der Waals surface area contributed by atoms with Crippen LogP contribution in [0.3, 0.4) is 0 Å². The van der Waals surface area contributed by atoms with Gasteiger partial charge in [0.1, 0.15) is 6.33 Å². The normalized spacial score (nSPS) is 12.6. The average molecular weight is 294 g/mol. The van der Waals surface area contributed by atoms with E-state index < -0.39 is 17.5 Å². The third-order valence-electron chi connectivity index (χ3n) is 3.32. The Labute approximate surface area is 120 Å². The van der Waals surface area contributed by atoms with Gasteiger partial charge in [0.15, 0.2) is 17.4 Å². The fourth-order valence-electron chi connectivity index (χ4n) is 2.15. The zero-order chi connectivity index (χ0) is 15.7. The van der Waals surface area contributed by atoms with Crippen molar-refractivity contribution in [3.05, 3.63) is 27.2 Å². The van der Waals surface area contributed by atoms with Crippen molar-refractivity contribution in [2.24, 2.45) is 14.1 Å². The summed E-state index contributed by atoms with van der Waals surface area (Å²) in [5.74, 6) is -0.339. The molecule has 0 aromatic carbocycles. The second kappa shape index (κ2) is 5.55. The van der Waals surface area contributed by atoms with Gasteiger partial charge in [0.05, 0.1) is 0 Å². The molecule has 0 bridgehead atoms. The van der Waals surface area contributed by atoms with Crippen LogP contribution in [-0.2, 0) is 23.6 Å². The summed E-state index contributed by atoms with van der Waals surface area (Å²) in [6, 6.07) is 0. The number of nitrogens with zero attached hydrogens (tertiary/aromatic N) is 4. The minimum atomic E-state index is -0.667. The number of rotatable bonds is 4. The van der Waals surface area contributed by atoms with Crippen molar-refractivity contribution in [1.82, 2.24) is 18.7 Å². The molecule has 2 heterocycles. The van der Waals surface area contributed by atoms with Gasteiger partial charge in [-0.3, -0.25) is 23.3 Å². The molecule has 21 heavy (non-hydrogen) atoms. The van der Waals surface area contributed by atoms with Gasteiger partial charge in [0.25, 0.3) is 5.56 Å². The number of aromatic nitrogens is 4. The molecule has 2 aromatic rings. The van der Waals surface area contributed by atoms with E-state index in [1.807, 2.05) is 6.92 Å². The minimum Gasteiger partial charge on any atom is -0.441 e. The highest BCUT2D eigenvalue weighted by Crippen LogP contribution is 2.15. The Hall–Kier alpha value is -2.38. The molecule has 2 rings (SSSR count).